The predicted octanol–water partition coefficient (Wildman–Crippen LogP) is 6.05. The van der Waals surface area contributed by atoms with E-state index in [0.29, 0.717) is 22.4 Å². The number of halogens is 1. The molecule has 0 aliphatic heterocycles. The zero-order valence-electron chi connectivity index (χ0n) is 15.0. The second kappa shape index (κ2) is 7.50. The van der Waals surface area contributed by atoms with Gasteiger partial charge in [-0.05, 0) is 50.5 Å². The Morgan fingerprint density at radius 2 is 1.76 bits per heavy atom. The van der Waals surface area contributed by atoms with Crippen molar-refractivity contribution < 1.29 is 8.83 Å². The van der Waals surface area contributed by atoms with Crippen LogP contribution in [0.3, 0.4) is 0 Å². The smallest absolute Gasteiger partial charge is 0.336 e. The fourth-order valence-corrected chi connectivity index (χ4v) is 4.48. The molecule has 0 unspecified atom stereocenters. The molecule has 142 valence electrons. The normalized spacial score (nSPS) is 11.3. The highest BCUT2D eigenvalue weighted by molar-refractivity contribution is 9.10. The highest BCUT2D eigenvalue weighted by atomic mass is 79.9. The van der Waals surface area contributed by atoms with Gasteiger partial charge in [0.1, 0.15) is 5.58 Å². The maximum atomic E-state index is 12.0. The lowest BCUT2D eigenvalue weighted by Gasteiger charge is -2.07. The van der Waals surface area contributed by atoms with Gasteiger partial charge in [0.15, 0.2) is 0 Å². The minimum atomic E-state index is -0.372. The number of hydrogen-bond donors (Lipinski definition) is 0. The summed E-state index contributed by atoms with van der Waals surface area (Å²) in [5.74, 6) is 0.955. The molecule has 0 aliphatic carbocycles. The van der Waals surface area contributed by atoms with Crippen LogP contribution in [0.4, 0.5) is 0 Å². The summed E-state index contributed by atoms with van der Waals surface area (Å²) in [7, 11) is 0. The van der Waals surface area contributed by atoms with Gasteiger partial charge in [0.25, 0.3) is 5.22 Å². The largest absolute Gasteiger partial charge is 0.423 e. The fraction of sp³-hybridized carbons (Fsp3) is 0.0455. The van der Waals surface area contributed by atoms with Gasteiger partial charge in [0, 0.05) is 21.7 Å². The van der Waals surface area contributed by atoms with E-state index >= 15 is 0 Å². The van der Waals surface area contributed by atoms with Gasteiger partial charge in [-0.2, -0.15) is 0 Å². The Hall–Kier alpha value is -2.90. The van der Waals surface area contributed by atoms with Crippen LogP contribution in [0.5, 0.6) is 0 Å². The fourth-order valence-electron chi connectivity index (χ4n) is 3.28. The van der Waals surface area contributed by atoms with Crippen molar-refractivity contribution in [2.45, 2.75) is 11.0 Å². The molecule has 5 nitrogen and oxygen atoms in total. The van der Waals surface area contributed by atoms with E-state index in [9.17, 15) is 4.79 Å². The zero-order chi connectivity index (χ0) is 19.8. The van der Waals surface area contributed by atoms with Crippen molar-refractivity contribution in [1.82, 2.24) is 10.2 Å². The molecule has 2 aromatic heterocycles. The van der Waals surface area contributed by atoms with Crippen molar-refractivity contribution in [1.29, 1.82) is 0 Å². The summed E-state index contributed by atoms with van der Waals surface area (Å²) >= 11 is 4.89. The lowest BCUT2D eigenvalue weighted by atomic mass is 10.0. The Morgan fingerprint density at radius 1 is 0.931 bits per heavy atom. The summed E-state index contributed by atoms with van der Waals surface area (Å²) in [5, 5.41) is 11.8. The van der Waals surface area contributed by atoms with E-state index in [4.69, 9.17) is 8.83 Å². The van der Waals surface area contributed by atoms with Crippen LogP contribution in [0.2, 0.25) is 0 Å². The molecule has 3 aromatic carbocycles. The molecule has 0 saturated heterocycles. The molecule has 5 aromatic rings. The molecule has 0 spiro atoms. The summed E-state index contributed by atoms with van der Waals surface area (Å²) in [4.78, 5) is 12.0. The van der Waals surface area contributed by atoms with Gasteiger partial charge in [-0.15, -0.1) is 10.2 Å². The predicted molar refractivity (Wildman–Crippen MR) is 117 cm³/mol. The van der Waals surface area contributed by atoms with Crippen molar-refractivity contribution in [3.8, 4) is 11.5 Å². The molecule has 0 radical (unpaired) electrons. The van der Waals surface area contributed by atoms with Crippen molar-refractivity contribution in [3.05, 3.63) is 87.2 Å². The Kier molecular flexibility index (Phi) is 4.69. The molecular weight excluding hydrogens is 452 g/mol. The van der Waals surface area contributed by atoms with Gasteiger partial charge in [0.05, 0.1) is 5.56 Å². The molecule has 0 atom stereocenters. The summed E-state index contributed by atoms with van der Waals surface area (Å²) in [6.45, 7) is 0. The highest BCUT2D eigenvalue weighted by Crippen LogP contribution is 2.33. The molecule has 0 saturated carbocycles. The summed E-state index contributed by atoms with van der Waals surface area (Å²) < 4.78 is 12.1. The third-order valence-electron chi connectivity index (χ3n) is 4.58. The van der Waals surface area contributed by atoms with Gasteiger partial charge in [-0.1, -0.05) is 54.2 Å². The van der Waals surface area contributed by atoms with E-state index in [2.05, 4.69) is 26.1 Å². The van der Waals surface area contributed by atoms with E-state index in [-0.39, 0.29) is 5.63 Å². The topological polar surface area (TPSA) is 69.1 Å². The van der Waals surface area contributed by atoms with Crippen LogP contribution < -0.4 is 5.63 Å². The molecule has 0 N–H and O–H groups in total. The average molecular weight is 465 g/mol. The first-order valence-electron chi connectivity index (χ1n) is 8.85. The number of aromatic nitrogens is 2. The monoisotopic (exact) mass is 464 g/mol. The number of nitrogens with zero attached hydrogens (tertiary/aromatic N) is 2. The van der Waals surface area contributed by atoms with Crippen LogP contribution in [0.1, 0.15) is 5.56 Å². The number of thioether (sulfide) groups is 1. The second-order valence-electron chi connectivity index (χ2n) is 6.39. The summed E-state index contributed by atoms with van der Waals surface area (Å²) in [6.07, 6.45) is 0. The minimum Gasteiger partial charge on any atom is -0.423 e. The van der Waals surface area contributed by atoms with Crippen LogP contribution in [-0.4, -0.2) is 10.2 Å². The quantitative estimate of drug-likeness (QED) is 0.183. The van der Waals surface area contributed by atoms with Gasteiger partial charge in [-0.3, -0.25) is 0 Å². The molecule has 2 heterocycles. The summed E-state index contributed by atoms with van der Waals surface area (Å²) in [6, 6.07) is 21.0. The van der Waals surface area contributed by atoms with Gasteiger partial charge < -0.3 is 8.83 Å². The van der Waals surface area contributed by atoms with E-state index in [0.717, 1.165) is 31.8 Å². The van der Waals surface area contributed by atoms with Crippen molar-refractivity contribution >= 4 is 49.4 Å². The number of rotatable bonds is 4. The molecule has 0 amide bonds. The molecular formula is C22H13BrN2O3S. The zero-order valence-corrected chi connectivity index (χ0v) is 17.4. The molecule has 29 heavy (non-hydrogen) atoms. The van der Waals surface area contributed by atoms with Gasteiger partial charge in [0.2, 0.25) is 5.89 Å². The first kappa shape index (κ1) is 18.1. The first-order chi connectivity index (χ1) is 14.2. The lowest BCUT2D eigenvalue weighted by molar-refractivity contribution is 0.465. The van der Waals surface area contributed by atoms with Gasteiger partial charge >= 0.3 is 5.63 Å². The number of hydrogen-bond acceptors (Lipinski definition) is 6. The Bertz CT molecular complexity index is 1410. The average Bonchev–Trinajstić information content (AvgIpc) is 3.20. The van der Waals surface area contributed by atoms with E-state index in [1.54, 1.807) is 0 Å². The molecule has 5 rings (SSSR count). The van der Waals surface area contributed by atoms with Crippen LogP contribution in [-0.2, 0) is 5.75 Å². The van der Waals surface area contributed by atoms with E-state index < -0.39 is 0 Å². The van der Waals surface area contributed by atoms with Crippen molar-refractivity contribution in [2.24, 2.45) is 0 Å². The van der Waals surface area contributed by atoms with Crippen molar-refractivity contribution in [2.75, 3.05) is 0 Å². The number of benzene rings is 3. The molecule has 0 bridgehead atoms. The van der Waals surface area contributed by atoms with E-state index in [1.165, 1.54) is 17.8 Å². The van der Waals surface area contributed by atoms with Crippen LogP contribution >= 0.6 is 27.7 Å². The standard InChI is InChI=1S/C22H13BrN2O3S/c23-17-8-4-3-7-16(17)21-24-25-22(28-21)29-12-14-11-19(26)27-18-10-9-13-5-1-2-6-15(13)20(14)18/h1-11H,12H2. The third-order valence-corrected chi connectivity index (χ3v) is 6.14. The lowest BCUT2D eigenvalue weighted by Crippen LogP contribution is -2.00. The number of fused-ring (bicyclic) bond motifs is 3. The molecule has 0 fully saturated rings. The third kappa shape index (κ3) is 3.47. The highest BCUT2D eigenvalue weighted by Gasteiger charge is 2.14. The first-order valence-corrected chi connectivity index (χ1v) is 10.6. The molecule has 0 aliphatic rings. The SMILES string of the molecule is O=c1cc(CSc2nnc(-c3ccccc3Br)o2)c2c(ccc3ccccc32)o1. The second-order valence-corrected chi connectivity index (χ2v) is 8.17. The van der Waals surface area contributed by atoms with E-state index in [1.807, 2.05) is 60.7 Å². The minimum absolute atomic E-state index is 0.372. The summed E-state index contributed by atoms with van der Waals surface area (Å²) in [5.41, 5.74) is 1.91. The van der Waals surface area contributed by atoms with Crippen LogP contribution in [0, 0.1) is 0 Å². The van der Waals surface area contributed by atoms with Crippen molar-refractivity contribution in [3.63, 3.8) is 0 Å². The maximum absolute atomic E-state index is 12.0. The van der Waals surface area contributed by atoms with Gasteiger partial charge in [-0.25, -0.2) is 4.79 Å². The Labute approximate surface area is 177 Å². The van der Waals surface area contributed by atoms with Crippen LogP contribution in [0.15, 0.2) is 90.1 Å². The van der Waals surface area contributed by atoms with Crippen LogP contribution in [0.25, 0.3) is 33.2 Å². The maximum Gasteiger partial charge on any atom is 0.336 e. The molecule has 7 heteroatoms. The Balaban J connectivity index is 1.51. The Morgan fingerprint density at radius 3 is 2.66 bits per heavy atom.